The number of methoxy groups -OCH3 is 1. The Hall–Kier alpha value is -3.09. The van der Waals surface area contributed by atoms with E-state index < -0.39 is 0 Å². The van der Waals surface area contributed by atoms with Crippen LogP contribution in [0.25, 0.3) is 6.08 Å². The molecule has 0 bridgehead atoms. The van der Waals surface area contributed by atoms with E-state index >= 15 is 0 Å². The first kappa shape index (κ1) is 22.1. The highest BCUT2D eigenvalue weighted by atomic mass is 32.2. The van der Waals surface area contributed by atoms with Crippen LogP contribution in [0.15, 0.2) is 77.7 Å². The van der Waals surface area contributed by atoms with Gasteiger partial charge in [-0.1, -0.05) is 90.2 Å². The number of aryl methyl sites for hydroxylation is 1. The van der Waals surface area contributed by atoms with Gasteiger partial charge < -0.3 is 9.47 Å². The molecule has 0 unspecified atom stereocenters. The summed E-state index contributed by atoms with van der Waals surface area (Å²) in [5.74, 6) is 1.19. The predicted octanol–water partition coefficient (Wildman–Crippen LogP) is 5.98. The average Bonchev–Trinajstić information content (AvgIpc) is 3.07. The van der Waals surface area contributed by atoms with E-state index in [-0.39, 0.29) is 5.91 Å². The molecule has 0 saturated carbocycles. The van der Waals surface area contributed by atoms with Gasteiger partial charge in [0, 0.05) is 0 Å². The number of thioether (sulfide) groups is 1. The number of carbonyl (C=O) groups is 1. The van der Waals surface area contributed by atoms with Crippen molar-refractivity contribution in [1.82, 2.24) is 4.90 Å². The van der Waals surface area contributed by atoms with E-state index in [4.69, 9.17) is 21.7 Å². The number of thiocarbonyl (C=S) groups is 1. The lowest BCUT2D eigenvalue weighted by Gasteiger charge is -2.14. The van der Waals surface area contributed by atoms with E-state index in [1.165, 1.54) is 17.3 Å². The Morgan fingerprint density at radius 1 is 0.969 bits per heavy atom. The Kier molecular flexibility index (Phi) is 6.93. The van der Waals surface area contributed by atoms with Gasteiger partial charge in [-0.2, -0.15) is 0 Å². The van der Waals surface area contributed by atoms with Gasteiger partial charge in [-0.3, -0.25) is 9.69 Å². The average molecular weight is 462 g/mol. The third kappa shape index (κ3) is 5.21. The monoisotopic (exact) mass is 461 g/mol. The van der Waals surface area contributed by atoms with E-state index in [9.17, 15) is 4.79 Å². The van der Waals surface area contributed by atoms with Crippen molar-refractivity contribution in [3.63, 3.8) is 0 Å². The molecule has 1 saturated heterocycles. The van der Waals surface area contributed by atoms with Crippen molar-refractivity contribution in [2.24, 2.45) is 0 Å². The van der Waals surface area contributed by atoms with Gasteiger partial charge in [0.2, 0.25) is 0 Å². The van der Waals surface area contributed by atoms with Crippen LogP contribution >= 0.6 is 24.0 Å². The van der Waals surface area contributed by atoms with Crippen molar-refractivity contribution in [2.75, 3.05) is 7.11 Å². The fourth-order valence-electron chi connectivity index (χ4n) is 3.29. The van der Waals surface area contributed by atoms with Gasteiger partial charge >= 0.3 is 0 Å². The van der Waals surface area contributed by atoms with Crippen LogP contribution < -0.4 is 9.47 Å². The molecule has 0 aromatic heterocycles. The first-order valence-corrected chi connectivity index (χ1v) is 11.4. The van der Waals surface area contributed by atoms with E-state index in [0.29, 0.717) is 33.9 Å². The topological polar surface area (TPSA) is 38.8 Å². The first-order chi connectivity index (χ1) is 15.5. The van der Waals surface area contributed by atoms with Gasteiger partial charge in [-0.25, -0.2) is 0 Å². The number of ether oxygens (including phenoxy) is 2. The number of hydrogen-bond donors (Lipinski definition) is 0. The minimum Gasteiger partial charge on any atom is -0.493 e. The number of nitrogens with zero attached hydrogens (tertiary/aromatic N) is 1. The summed E-state index contributed by atoms with van der Waals surface area (Å²) in [5.41, 5.74) is 4.19. The standard InChI is InChI=1S/C26H23NO3S2/c1-18-8-10-20(11-9-18)17-30-22-13-12-21(14-23(22)29-2)15-24-25(28)27(26(31)32-24)16-19-6-4-3-5-7-19/h3-15H,16-17H2,1-2H3/b24-15-. The molecule has 1 aliphatic heterocycles. The Balaban J connectivity index is 1.48. The molecule has 4 rings (SSSR count). The lowest BCUT2D eigenvalue weighted by atomic mass is 10.1. The zero-order valence-electron chi connectivity index (χ0n) is 17.9. The van der Waals surface area contributed by atoms with Crippen molar-refractivity contribution < 1.29 is 14.3 Å². The SMILES string of the molecule is COc1cc(/C=C2\SC(=S)N(Cc3ccccc3)C2=O)ccc1OCc1ccc(C)cc1. The first-order valence-electron chi connectivity index (χ1n) is 10.2. The summed E-state index contributed by atoms with van der Waals surface area (Å²) >= 11 is 6.77. The van der Waals surface area contributed by atoms with Gasteiger partial charge in [0.15, 0.2) is 11.5 Å². The normalized spacial score (nSPS) is 14.8. The summed E-state index contributed by atoms with van der Waals surface area (Å²) in [6.07, 6.45) is 1.84. The molecule has 0 aliphatic carbocycles. The minimum absolute atomic E-state index is 0.0810. The Labute approximate surface area is 197 Å². The van der Waals surface area contributed by atoms with E-state index in [1.54, 1.807) is 12.0 Å². The van der Waals surface area contributed by atoms with E-state index in [2.05, 4.69) is 19.1 Å². The van der Waals surface area contributed by atoms with Gasteiger partial charge in [0.25, 0.3) is 5.91 Å². The maximum absolute atomic E-state index is 12.9. The van der Waals surface area contributed by atoms with Crippen molar-refractivity contribution in [3.8, 4) is 11.5 Å². The summed E-state index contributed by atoms with van der Waals surface area (Å²) < 4.78 is 12.0. The molecule has 1 fully saturated rings. The van der Waals surface area contributed by atoms with Crippen LogP contribution in [0.3, 0.4) is 0 Å². The van der Waals surface area contributed by atoms with Crippen molar-refractivity contribution in [3.05, 3.63) is 100.0 Å². The Morgan fingerprint density at radius 2 is 1.72 bits per heavy atom. The highest BCUT2D eigenvalue weighted by Gasteiger charge is 2.32. The molecule has 3 aromatic rings. The second-order valence-electron chi connectivity index (χ2n) is 7.44. The molecule has 162 valence electrons. The fraction of sp³-hybridized carbons (Fsp3) is 0.154. The maximum atomic E-state index is 12.9. The number of rotatable bonds is 7. The molecule has 1 heterocycles. The quantitative estimate of drug-likeness (QED) is 0.319. The van der Waals surface area contributed by atoms with Gasteiger partial charge in [-0.15, -0.1) is 0 Å². The van der Waals surface area contributed by atoms with E-state index in [1.807, 2.05) is 66.7 Å². The lowest BCUT2D eigenvalue weighted by molar-refractivity contribution is -0.122. The van der Waals surface area contributed by atoms with Crippen LogP contribution in [0.4, 0.5) is 0 Å². The number of benzene rings is 3. The second-order valence-corrected chi connectivity index (χ2v) is 9.11. The van der Waals surface area contributed by atoms with Crippen LogP contribution in [-0.4, -0.2) is 22.2 Å². The zero-order chi connectivity index (χ0) is 22.5. The molecule has 0 N–H and O–H groups in total. The summed E-state index contributed by atoms with van der Waals surface area (Å²) in [6.45, 7) is 2.98. The minimum atomic E-state index is -0.0810. The lowest BCUT2D eigenvalue weighted by Crippen LogP contribution is -2.27. The van der Waals surface area contributed by atoms with Crippen LogP contribution in [0.1, 0.15) is 22.3 Å². The number of hydrogen-bond acceptors (Lipinski definition) is 5. The van der Waals surface area contributed by atoms with Crippen LogP contribution in [0.2, 0.25) is 0 Å². The fourth-order valence-corrected chi connectivity index (χ4v) is 4.55. The summed E-state index contributed by atoms with van der Waals surface area (Å²) in [5, 5.41) is 0. The van der Waals surface area contributed by atoms with Gasteiger partial charge in [0.05, 0.1) is 18.6 Å². The molecule has 1 amide bonds. The molecule has 6 heteroatoms. The van der Waals surface area contributed by atoms with Crippen LogP contribution in [0, 0.1) is 6.92 Å². The molecule has 0 atom stereocenters. The number of amides is 1. The molecule has 1 aliphatic rings. The van der Waals surface area contributed by atoms with Gasteiger partial charge in [-0.05, 0) is 41.8 Å². The summed E-state index contributed by atoms with van der Waals surface area (Å²) in [7, 11) is 1.61. The van der Waals surface area contributed by atoms with Crippen LogP contribution in [0.5, 0.6) is 11.5 Å². The van der Waals surface area contributed by atoms with Crippen molar-refractivity contribution in [2.45, 2.75) is 20.1 Å². The maximum Gasteiger partial charge on any atom is 0.266 e. The Morgan fingerprint density at radius 3 is 2.44 bits per heavy atom. The molecule has 3 aromatic carbocycles. The zero-order valence-corrected chi connectivity index (χ0v) is 19.5. The van der Waals surface area contributed by atoms with E-state index in [0.717, 1.165) is 16.7 Å². The number of carbonyl (C=O) groups excluding carboxylic acids is 1. The predicted molar refractivity (Wildman–Crippen MR) is 134 cm³/mol. The Bertz CT molecular complexity index is 1160. The van der Waals surface area contributed by atoms with Gasteiger partial charge in [0.1, 0.15) is 10.9 Å². The highest BCUT2D eigenvalue weighted by molar-refractivity contribution is 8.26. The smallest absolute Gasteiger partial charge is 0.266 e. The molecular weight excluding hydrogens is 438 g/mol. The second kappa shape index (κ2) is 10.0. The van der Waals surface area contributed by atoms with Crippen molar-refractivity contribution >= 4 is 40.3 Å². The summed E-state index contributed by atoms with van der Waals surface area (Å²) in [6, 6.07) is 23.7. The molecule has 32 heavy (non-hydrogen) atoms. The third-order valence-electron chi connectivity index (χ3n) is 5.06. The molecular formula is C26H23NO3S2. The highest BCUT2D eigenvalue weighted by Crippen LogP contribution is 2.35. The van der Waals surface area contributed by atoms with Crippen molar-refractivity contribution in [1.29, 1.82) is 0 Å². The summed E-state index contributed by atoms with van der Waals surface area (Å²) in [4.78, 5) is 15.2. The van der Waals surface area contributed by atoms with Crippen LogP contribution in [-0.2, 0) is 17.9 Å². The molecule has 0 spiro atoms. The largest absolute Gasteiger partial charge is 0.493 e. The molecule has 0 radical (unpaired) electrons. The molecule has 4 nitrogen and oxygen atoms in total. The third-order valence-corrected chi connectivity index (χ3v) is 6.44.